The summed E-state index contributed by atoms with van der Waals surface area (Å²) in [6.45, 7) is 2.40. The minimum absolute atomic E-state index is 0.0205. The van der Waals surface area contributed by atoms with E-state index in [9.17, 15) is 9.90 Å². The second kappa shape index (κ2) is 4.83. The molecule has 2 aliphatic rings. The van der Waals surface area contributed by atoms with Gasteiger partial charge in [0.15, 0.2) is 0 Å². The van der Waals surface area contributed by atoms with Crippen LogP contribution in [0.15, 0.2) is 24.3 Å². The molecule has 1 aliphatic carbocycles. The molecular formula is C14H18N2O3. The van der Waals surface area contributed by atoms with Gasteiger partial charge in [-0.2, -0.15) is 0 Å². The van der Waals surface area contributed by atoms with Gasteiger partial charge >= 0.3 is 6.09 Å². The lowest BCUT2D eigenvalue weighted by molar-refractivity contribution is 0.0293. The number of piperazine rings is 1. The minimum atomic E-state index is -0.855. The number of nitrogens with zero attached hydrogens (tertiary/aromatic N) is 2. The van der Waals surface area contributed by atoms with Gasteiger partial charge in [0, 0.05) is 32.6 Å². The number of aliphatic hydroxyl groups excluding tert-OH is 1. The second-order valence-corrected chi connectivity index (χ2v) is 5.22. The maximum atomic E-state index is 10.9. The Morgan fingerprint density at radius 1 is 1.16 bits per heavy atom. The first kappa shape index (κ1) is 12.4. The quantitative estimate of drug-likeness (QED) is 0.790. The fraction of sp³-hybridized carbons (Fsp3) is 0.500. The Labute approximate surface area is 112 Å². The highest BCUT2D eigenvalue weighted by Gasteiger charge is 2.36. The first-order valence-corrected chi connectivity index (χ1v) is 6.64. The molecule has 3 rings (SSSR count). The van der Waals surface area contributed by atoms with Crippen LogP contribution in [0.25, 0.3) is 0 Å². The summed E-state index contributed by atoms with van der Waals surface area (Å²) in [6, 6.07) is 8.15. The van der Waals surface area contributed by atoms with E-state index in [0.29, 0.717) is 32.6 Å². The molecule has 5 heteroatoms. The highest BCUT2D eigenvalue weighted by atomic mass is 16.4. The predicted molar refractivity (Wildman–Crippen MR) is 70.1 cm³/mol. The van der Waals surface area contributed by atoms with E-state index in [1.807, 2.05) is 12.1 Å². The molecule has 0 aromatic heterocycles. The Hall–Kier alpha value is -1.59. The van der Waals surface area contributed by atoms with Crippen molar-refractivity contribution in [1.29, 1.82) is 0 Å². The van der Waals surface area contributed by atoms with E-state index in [2.05, 4.69) is 17.0 Å². The van der Waals surface area contributed by atoms with Crippen molar-refractivity contribution in [2.75, 3.05) is 26.2 Å². The van der Waals surface area contributed by atoms with Crippen molar-refractivity contribution >= 4 is 6.09 Å². The molecule has 102 valence electrons. The minimum Gasteiger partial charge on any atom is -0.465 e. The van der Waals surface area contributed by atoms with Crippen LogP contribution in [-0.2, 0) is 6.42 Å². The number of carboxylic acid groups (broad SMARTS) is 1. The number of hydrogen-bond acceptors (Lipinski definition) is 3. The SMILES string of the molecule is O=C(O)N1CCN([C@@H]2c3ccccc3C[C@H]2O)CC1. The summed E-state index contributed by atoms with van der Waals surface area (Å²) in [5, 5.41) is 19.2. The van der Waals surface area contributed by atoms with Crippen LogP contribution in [0, 0.1) is 0 Å². The lowest BCUT2D eigenvalue weighted by Gasteiger charge is -2.38. The monoisotopic (exact) mass is 262 g/mol. The predicted octanol–water partition coefficient (Wildman–Crippen LogP) is 0.940. The van der Waals surface area contributed by atoms with Crippen LogP contribution >= 0.6 is 0 Å². The van der Waals surface area contributed by atoms with Crippen molar-refractivity contribution in [3.05, 3.63) is 35.4 Å². The van der Waals surface area contributed by atoms with Gasteiger partial charge in [-0.15, -0.1) is 0 Å². The number of carbonyl (C=O) groups is 1. The van der Waals surface area contributed by atoms with Crippen molar-refractivity contribution in [2.45, 2.75) is 18.6 Å². The Balaban J connectivity index is 1.75. The standard InChI is InChI=1S/C14H18N2O3/c17-12-9-10-3-1-2-4-11(10)13(12)15-5-7-16(8-6-15)14(18)19/h1-4,12-13,17H,5-9H2,(H,18,19)/t12-,13-/m1/s1. The van der Waals surface area contributed by atoms with Crippen molar-refractivity contribution in [2.24, 2.45) is 0 Å². The molecule has 2 atom stereocenters. The number of hydrogen-bond donors (Lipinski definition) is 2. The van der Waals surface area contributed by atoms with E-state index < -0.39 is 6.09 Å². The summed E-state index contributed by atoms with van der Waals surface area (Å²) >= 11 is 0. The topological polar surface area (TPSA) is 64.0 Å². The molecule has 1 aromatic carbocycles. The van der Waals surface area contributed by atoms with Crippen LogP contribution < -0.4 is 0 Å². The zero-order valence-electron chi connectivity index (χ0n) is 10.7. The van der Waals surface area contributed by atoms with Gasteiger partial charge in [0.25, 0.3) is 0 Å². The molecular weight excluding hydrogens is 244 g/mol. The normalized spacial score (nSPS) is 27.3. The van der Waals surface area contributed by atoms with Gasteiger partial charge in [0.1, 0.15) is 0 Å². The molecule has 1 amide bonds. The molecule has 0 unspecified atom stereocenters. The van der Waals surface area contributed by atoms with Gasteiger partial charge in [-0.1, -0.05) is 24.3 Å². The third-order valence-electron chi connectivity index (χ3n) is 4.15. The fourth-order valence-electron chi connectivity index (χ4n) is 3.18. The van der Waals surface area contributed by atoms with Crippen molar-refractivity contribution in [3.8, 4) is 0 Å². The molecule has 1 aromatic rings. The van der Waals surface area contributed by atoms with E-state index in [4.69, 9.17) is 5.11 Å². The van der Waals surface area contributed by atoms with Crippen LogP contribution in [0.3, 0.4) is 0 Å². The Morgan fingerprint density at radius 2 is 1.84 bits per heavy atom. The molecule has 5 nitrogen and oxygen atoms in total. The first-order valence-electron chi connectivity index (χ1n) is 6.64. The summed E-state index contributed by atoms with van der Waals surface area (Å²) in [6.07, 6.45) is -0.541. The van der Waals surface area contributed by atoms with E-state index in [1.165, 1.54) is 16.0 Å². The largest absolute Gasteiger partial charge is 0.465 e. The highest BCUT2D eigenvalue weighted by molar-refractivity contribution is 5.65. The molecule has 0 radical (unpaired) electrons. The van der Waals surface area contributed by atoms with E-state index in [1.54, 1.807) is 0 Å². The molecule has 19 heavy (non-hydrogen) atoms. The molecule has 1 fully saturated rings. The third kappa shape index (κ3) is 2.19. The van der Waals surface area contributed by atoms with Gasteiger partial charge in [-0.05, 0) is 11.1 Å². The Morgan fingerprint density at radius 3 is 2.53 bits per heavy atom. The number of aliphatic hydroxyl groups is 1. The Kier molecular flexibility index (Phi) is 3.16. The van der Waals surface area contributed by atoms with Crippen LogP contribution in [0.5, 0.6) is 0 Å². The van der Waals surface area contributed by atoms with E-state index in [-0.39, 0.29) is 12.1 Å². The molecule has 2 N–H and O–H groups in total. The number of amides is 1. The number of benzene rings is 1. The molecule has 1 saturated heterocycles. The lowest BCUT2D eigenvalue weighted by atomic mass is 10.1. The molecule has 1 aliphatic heterocycles. The third-order valence-corrected chi connectivity index (χ3v) is 4.15. The van der Waals surface area contributed by atoms with Gasteiger partial charge in [-0.3, -0.25) is 4.90 Å². The maximum Gasteiger partial charge on any atom is 0.407 e. The van der Waals surface area contributed by atoms with Gasteiger partial charge in [-0.25, -0.2) is 4.79 Å². The van der Waals surface area contributed by atoms with Gasteiger partial charge in [0.05, 0.1) is 12.1 Å². The average Bonchev–Trinajstić information content (AvgIpc) is 2.74. The molecule has 0 saturated carbocycles. The summed E-state index contributed by atoms with van der Waals surface area (Å²) in [5.74, 6) is 0. The average molecular weight is 262 g/mol. The second-order valence-electron chi connectivity index (χ2n) is 5.22. The number of rotatable bonds is 1. The maximum absolute atomic E-state index is 10.9. The van der Waals surface area contributed by atoms with Crippen molar-refractivity contribution in [1.82, 2.24) is 9.80 Å². The van der Waals surface area contributed by atoms with E-state index >= 15 is 0 Å². The summed E-state index contributed by atoms with van der Waals surface area (Å²) in [7, 11) is 0. The molecule has 0 bridgehead atoms. The van der Waals surface area contributed by atoms with Crippen LogP contribution in [0.2, 0.25) is 0 Å². The zero-order chi connectivity index (χ0) is 13.4. The summed E-state index contributed by atoms with van der Waals surface area (Å²) in [4.78, 5) is 14.5. The van der Waals surface area contributed by atoms with Crippen LogP contribution in [-0.4, -0.2) is 58.4 Å². The van der Waals surface area contributed by atoms with E-state index in [0.717, 1.165) is 0 Å². The highest BCUT2D eigenvalue weighted by Crippen LogP contribution is 2.36. The first-order chi connectivity index (χ1) is 9.16. The fourth-order valence-corrected chi connectivity index (χ4v) is 3.18. The van der Waals surface area contributed by atoms with Crippen molar-refractivity contribution in [3.63, 3.8) is 0 Å². The Bertz CT molecular complexity index is 483. The zero-order valence-corrected chi connectivity index (χ0v) is 10.7. The lowest BCUT2D eigenvalue weighted by Crippen LogP contribution is -2.50. The summed E-state index contributed by atoms with van der Waals surface area (Å²) < 4.78 is 0. The van der Waals surface area contributed by atoms with Crippen LogP contribution in [0.1, 0.15) is 17.2 Å². The summed E-state index contributed by atoms with van der Waals surface area (Å²) in [5.41, 5.74) is 2.40. The smallest absolute Gasteiger partial charge is 0.407 e. The molecule has 0 spiro atoms. The number of fused-ring (bicyclic) bond motifs is 1. The van der Waals surface area contributed by atoms with Crippen LogP contribution in [0.4, 0.5) is 4.79 Å². The van der Waals surface area contributed by atoms with Gasteiger partial charge in [0.2, 0.25) is 0 Å². The van der Waals surface area contributed by atoms with Gasteiger partial charge < -0.3 is 15.1 Å². The molecule has 1 heterocycles. The van der Waals surface area contributed by atoms with Crippen molar-refractivity contribution < 1.29 is 15.0 Å².